The number of fused-ring (bicyclic) bond motifs is 1. The molecule has 0 nitrogen and oxygen atoms in total. The molecule has 0 unspecified atom stereocenters. The van der Waals surface area contributed by atoms with Gasteiger partial charge in [0.25, 0.3) is 0 Å². The van der Waals surface area contributed by atoms with E-state index in [1.165, 1.54) is 37.8 Å². The Kier molecular flexibility index (Phi) is 2.02. The highest BCUT2D eigenvalue weighted by Crippen LogP contribution is 2.40. The van der Waals surface area contributed by atoms with E-state index >= 15 is 0 Å². The Balaban J connectivity index is 2.37. The lowest BCUT2D eigenvalue weighted by Gasteiger charge is -2.02. The van der Waals surface area contributed by atoms with Crippen molar-refractivity contribution >= 4 is 14.0 Å². The zero-order chi connectivity index (χ0) is 8.55. The molecule has 0 spiro atoms. The van der Waals surface area contributed by atoms with Crippen LogP contribution in [-0.4, -0.2) is 5.80 Å². The molecular weight excluding hydrogens is 163 g/mol. The molecule has 0 aromatic heterocycles. The van der Waals surface area contributed by atoms with Crippen molar-refractivity contribution in [1.82, 2.24) is 0 Å². The highest BCUT2D eigenvalue weighted by molar-refractivity contribution is 7.44. The normalized spacial score (nSPS) is 21.2. The third kappa shape index (κ3) is 1.11. The average Bonchev–Trinajstić information content (AvgIpc) is 2.58. The van der Waals surface area contributed by atoms with Gasteiger partial charge in [-0.05, 0) is 35.4 Å². The molecule has 12 heavy (non-hydrogen) atoms. The predicted molar refractivity (Wildman–Crippen MR) is 55.7 cm³/mol. The van der Waals surface area contributed by atoms with Gasteiger partial charge in [-0.1, -0.05) is 33.7 Å². The van der Waals surface area contributed by atoms with Crippen molar-refractivity contribution in [3.63, 3.8) is 0 Å². The number of allylic oxidation sites excluding steroid dienone is 6. The van der Waals surface area contributed by atoms with Crippen molar-refractivity contribution in [1.29, 1.82) is 0 Å². The van der Waals surface area contributed by atoms with Crippen LogP contribution in [0.3, 0.4) is 0 Å². The summed E-state index contributed by atoms with van der Waals surface area (Å²) in [6.07, 6.45) is 6.85. The maximum atomic E-state index is 3.39. The molecule has 0 aromatic rings. The van der Waals surface area contributed by atoms with E-state index in [1.807, 2.05) is 0 Å². The summed E-state index contributed by atoms with van der Waals surface area (Å²) in [6.45, 7) is 4.43. The lowest BCUT2D eigenvalue weighted by atomic mass is 10.0. The summed E-state index contributed by atoms with van der Waals surface area (Å²) >= 11 is 0. The molecule has 0 N–H and O–H groups in total. The molecular formula is C11H12P. The molecule has 1 aliphatic carbocycles. The molecule has 0 fully saturated rings. The summed E-state index contributed by atoms with van der Waals surface area (Å²) in [6, 6.07) is 0. The van der Waals surface area contributed by atoms with Gasteiger partial charge in [-0.2, -0.15) is 0 Å². The molecule has 1 radical (unpaired) electrons. The minimum Gasteiger partial charge on any atom is -0.0651 e. The summed E-state index contributed by atoms with van der Waals surface area (Å²) in [4.78, 5) is 0. The maximum absolute atomic E-state index is 3.39. The van der Waals surface area contributed by atoms with Crippen LogP contribution in [0.4, 0.5) is 0 Å². The molecule has 1 aliphatic heterocycles. The van der Waals surface area contributed by atoms with Crippen LogP contribution in [-0.2, 0) is 0 Å². The Morgan fingerprint density at radius 2 is 2.25 bits per heavy atom. The van der Waals surface area contributed by atoms with E-state index in [-0.39, 0.29) is 0 Å². The molecule has 0 aromatic carbocycles. The highest BCUT2D eigenvalue weighted by Gasteiger charge is 2.18. The van der Waals surface area contributed by atoms with Gasteiger partial charge in [0.1, 0.15) is 0 Å². The molecule has 0 saturated heterocycles. The van der Waals surface area contributed by atoms with Crippen molar-refractivity contribution in [2.75, 3.05) is 0 Å². The van der Waals surface area contributed by atoms with Crippen LogP contribution < -0.4 is 0 Å². The standard InChI is InChI=1S/C11H12P/c1-3-4-10-11-8(2)5-6-9(11)7-12-10/h5-6H,3-4H2,1-2H3. The van der Waals surface area contributed by atoms with E-state index in [9.17, 15) is 0 Å². The van der Waals surface area contributed by atoms with Crippen molar-refractivity contribution in [2.45, 2.75) is 26.7 Å². The lowest BCUT2D eigenvalue weighted by Crippen LogP contribution is -1.85. The van der Waals surface area contributed by atoms with E-state index in [0.717, 1.165) is 0 Å². The Morgan fingerprint density at radius 1 is 1.42 bits per heavy atom. The minimum atomic E-state index is 1.23. The Morgan fingerprint density at radius 3 is 3.00 bits per heavy atom. The van der Waals surface area contributed by atoms with E-state index in [0.29, 0.717) is 0 Å². The van der Waals surface area contributed by atoms with Crippen LogP contribution in [0.15, 0.2) is 34.2 Å². The van der Waals surface area contributed by atoms with Crippen LogP contribution in [0, 0.1) is 0 Å². The van der Waals surface area contributed by atoms with E-state index in [4.69, 9.17) is 0 Å². The molecule has 2 aliphatic rings. The first kappa shape index (κ1) is 8.01. The zero-order valence-corrected chi connectivity index (χ0v) is 8.41. The Bertz CT molecular complexity index is 327. The molecule has 2 rings (SSSR count). The summed E-state index contributed by atoms with van der Waals surface area (Å²) < 4.78 is 0. The topological polar surface area (TPSA) is 0 Å². The first-order valence-corrected chi connectivity index (χ1v) is 5.31. The molecule has 0 bridgehead atoms. The molecule has 0 amide bonds. The summed E-state index contributed by atoms with van der Waals surface area (Å²) in [5, 5.41) is 1.56. The van der Waals surface area contributed by atoms with Crippen LogP contribution in [0.25, 0.3) is 0 Å². The second-order valence-electron chi connectivity index (χ2n) is 3.23. The molecule has 1 heteroatoms. The Hall–Kier alpha value is -0.610. The van der Waals surface area contributed by atoms with Gasteiger partial charge in [0.05, 0.1) is 0 Å². The van der Waals surface area contributed by atoms with Gasteiger partial charge in [0.2, 0.25) is 0 Å². The summed E-state index contributed by atoms with van der Waals surface area (Å²) in [5.41, 5.74) is 4.24. The van der Waals surface area contributed by atoms with E-state index in [1.54, 1.807) is 5.31 Å². The van der Waals surface area contributed by atoms with Crippen molar-refractivity contribution in [3.8, 4) is 0 Å². The number of hydrogen-bond donors (Lipinski definition) is 0. The average molecular weight is 175 g/mol. The summed E-state index contributed by atoms with van der Waals surface area (Å²) in [7, 11) is 1.31. The molecule has 1 heterocycles. The van der Waals surface area contributed by atoms with Gasteiger partial charge in [-0.15, -0.1) is 0 Å². The number of hydrogen-bond acceptors (Lipinski definition) is 0. The van der Waals surface area contributed by atoms with Gasteiger partial charge in [-0.3, -0.25) is 0 Å². The number of rotatable bonds is 2. The van der Waals surface area contributed by atoms with Crippen molar-refractivity contribution < 1.29 is 0 Å². The molecule has 0 saturated carbocycles. The first-order valence-electron chi connectivity index (χ1n) is 4.42. The maximum Gasteiger partial charge on any atom is 0.0224 e. The SMILES string of the molecule is CCCC1=C2C(C)=CC=C2[C]=P1. The second-order valence-corrected chi connectivity index (χ2v) is 4.21. The molecule has 61 valence electrons. The van der Waals surface area contributed by atoms with Crippen LogP contribution in [0.5, 0.6) is 0 Å². The van der Waals surface area contributed by atoms with E-state index < -0.39 is 0 Å². The van der Waals surface area contributed by atoms with Gasteiger partial charge < -0.3 is 0 Å². The fraction of sp³-hybridized carbons (Fsp3) is 0.364. The summed E-state index contributed by atoms with van der Waals surface area (Å²) in [5.74, 6) is 3.39. The first-order chi connectivity index (χ1) is 5.83. The van der Waals surface area contributed by atoms with Gasteiger partial charge in [-0.25, -0.2) is 0 Å². The lowest BCUT2D eigenvalue weighted by molar-refractivity contribution is 0.941. The third-order valence-electron chi connectivity index (χ3n) is 2.25. The largest absolute Gasteiger partial charge is 0.0651 e. The monoisotopic (exact) mass is 175 g/mol. The van der Waals surface area contributed by atoms with Gasteiger partial charge in [0.15, 0.2) is 0 Å². The fourth-order valence-corrected chi connectivity index (χ4v) is 2.85. The minimum absolute atomic E-state index is 1.23. The van der Waals surface area contributed by atoms with Crippen molar-refractivity contribution in [3.05, 3.63) is 34.2 Å². The van der Waals surface area contributed by atoms with Gasteiger partial charge >= 0.3 is 0 Å². The Labute approximate surface area is 75.5 Å². The van der Waals surface area contributed by atoms with E-state index in [2.05, 4.69) is 31.8 Å². The van der Waals surface area contributed by atoms with Crippen LogP contribution in [0.1, 0.15) is 26.7 Å². The predicted octanol–water partition coefficient (Wildman–Crippen LogP) is 3.57. The zero-order valence-electron chi connectivity index (χ0n) is 7.52. The second kappa shape index (κ2) is 3.03. The fourth-order valence-electron chi connectivity index (χ4n) is 1.66. The van der Waals surface area contributed by atoms with Crippen LogP contribution in [0.2, 0.25) is 0 Å². The molecule has 0 atom stereocenters. The van der Waals surface area contributed by atoms with Gasteiger partial charge in [0, 0.05) is 5.80 Å². The highest BCUT2D eigenvalue weighted by atomic mass is 31.1. The van der Waals surface area contributed by atoms with Crippen LogP contribution >= 0.6 is 8.20 Å². The van der Waals surface area contributed by atoms with Crippen molar-refractivity contribution in [2.24, 2.45) is 0 Å². The smallest absolute Gasteiger partial charge is 0.0224 e. The third-order valence-corrected chi connectivity index (χ3v) is 3.32. The quantitative estimate of drug-likeness (QED) is 0.563.